The van der Waals surface area contributed by atoms with E-state index in [4.69, 9.17) is 0 Å². The molecule has 21 heavy (non-hydrogen) atoms. The molecule has 3 nitrogen and oxygen atoms in total. The first-order valence-corrected chi connectivity index (χ1v) is 8.30. The van der Waals surface area contributed by atoms with Crippen molar-refractivity contribution < 1.29 is 4.79 Å². The summed E-state index contributed by atoms with van der Waals surface area (Å²) in [6.45, 7) is 4.10. The minimum Gasteiger partial charge on any atom is -0.376 e. The highest BCUT2D eigenvalue weighted by molar-refractivity contribution is 7.10. The lowest BCUT2D eigenvalue weighted by Crippen LogP contribution is -2.38. The van der Waals surface area contributed by atoms with Gasteiger partial charge in [-0.25, -0.2) is 0 Å². The molecule has 0 atom stereocenters. The molecule has 1 aliphatic heterocycles. The van der Waals surface area contributed by atoms with Crippen molar-refractivity contribution in [3.63, 3.8) is 0 Å². The fourth-order valence-electron chi connectivity index (χ4n) is 2.75. The fraction of sp³-hybridized carbons (Fsp3) is 0.353. The van der Waals surface area contributed by atoms with Crippen LogP contribution in [0.1, 0.15) is 22.9 Å². The van der Waals surface area contributed by atoms with Crippen LogP contribution in [-0.2, 0) is 24.2 Å². The number of nitrogens with zero attached hydrogens (tertiary/aromatic N) is 1. The highest BCUT2D eigenvalue weighted by Gasteiger charge is 2.21. The second-order valence-electron chi connectivity index (χ2n) is 5.30. The lowest BCUT2D eigenvalue weighted by atomic mass is 10.1. The number of para-hydroxylation sites is 1. The van der Waals surface area contributed by atoms with Crippen LogP contribution < -0.4 is 5.32 Å². The molecule has 1 N–H and O–H groups in total. The second kappa shape index (κ2) is 6.31. The summed E-state index contributed by atoms with van der Waals surface area (Å²) >= 11 is 1.80. The Morgan fingerprint density at radius 2 is 2.19 bits per heavy atom. The lowest BCUT2D eigenvalue weighted by Gasteiger charge is -2.27. The van der Waals surface area contributed by atoms with Gasteiger partial charge in [-0.15, -0.1) is 11.3 Å². The van der Waals surface area contributed by atoms with E-state index in [0.29, 0.717) is 6.54 Å². The van der Waals surface area contributed by atoms with Gasteiger partial charge in [0.2, 0.25) is 5.91 Å². The van der Waals surface area contributed by atoms with E-state index in [1.807, 2.05) is 23.1 Å². The van der Waals surface area contributed by atoms with Crippen LogP contribution in [0.4, 0.5) is 5.69 Å². The predicted molar refractivity (Wildman–Crippen MR) is 87.7 cm³/mol. The standard InChI is InChI=1S/C17H20N2OS/c1-2-13-5-3-4-6-15(13)18-11-17(20)19-9-7-16-14(12-19)8-10-21-16/h3-6,8,10,18H,2,7,9,11-12H2,1H3. The number of hydrogen-bond acceptors (Lipinski definition) is 3. The van der Waals surface area contributed by atoms with E-state index in [1.165, 1.54) is 16.0 Å². The van der Waals surface area contributed by atoms with Gasteiger partial charge >= 0.3 is 0 Å². The largest absolute Gasteiger partial charge is 0.376 e. The predicted octanol–water partition coefficient (Wildman–Crippen LogP) is 3.31. The van der Waals surface area contributed by atoms with Gasteiger partial charge in [-0.2, -0.15) is 0 Å². The molecule has 110 valence electrons. The van der Waals surface area contributed by atoms with Gasteiger partial charge in [0, 0.05) is 23.7 Å². The normalized spacial score (nSPS) is 13.9. The SMILES string of the molecule is CCc1ccccc1NCC(=O)N1CCc2sccc2C1. The Kier molecular flexibility index (Phi) is 4.25. The molecule has 2 aromatic rings. The van der Waals surface area contributed by atoms with Crippen molar-refractivity contribution in [3.8, 4) is 0 Å². The van der Waals surface area contributed by atoms with Crippen LogP contribution >= 0.6 is 11.3 Å². The number of carbonyl (C=O) groups is 1. The molecule has 0 aliphatic carbocycles. The van der Waals surface area contributed by atoms with E-state index in [2.05, 4.69) is 29.8 Å². The number of anilines is 1. The third-order valence-electron chi connectivity index (χ3n) is 3.99. The van der Waals surface area contributed by atoms with Crippen LogP contribution in [0.2, 0.25) is 0 Å². The average Bonchev–Trinajstić information content (AvgIpc) is 3.00. The Hall–Kier alpha value is -1.81. The number of aryl methyl sites for hydroxylation is 1. The summed E-state index contributed by atoms with van der Waals surface area (Å²) in [6, 6.07) is 10.3. The first kappa shape index (κ1) is 14.1. The summed E-state index contributed by atoms with van der Waals surface area (Å²) in [5.74, 6) is 0.178. The Morgan fingerprint density at radius 3 is 3.05 bits per heavy atom. The van der Waals surface area contributed by atoms with E-state index in [1.54, 1.807) is 11.3 Å². The first-order chi connectivity index (χ1) is 10.3. The second-order valence-corrected chi connectivity index (χ2v) is 6.30. The summed E-state index contributed by atoms with van der Waals surface area (Å²) in [6.07, 6.45) is 1.96. The number of benzene rings is 1. The fourth-order valence-corrected chi connectivity index (χ4v) is 3.63. The molecule has 0 saturated carbocycles. The summed E-state index contributed by atoms with van der Waals surface area (Å²) < 4.78 is 0. The van der Waals surface area contributed by atoms with Gasteiger partial charge in [0.15, 0.2) is 0 Å². The molecule has 1 aromatic heterocycles. The molecule has 0 saturated heterocycles. The zero-order valence-corrected chi connectivity index (χ0v) is 13.1. The number of amides is 1. The molecule has 0 spiro atoms. The van der Waals surface area contributed by atoms with Gasteiger partial charge in [-0.3, -0.25) is 4.79 Å². The van der Waals surface area contributed by atoms with Crippen molar-refractivity contribution in [2.45, 2.75) is 26.3 Å². The van der Waals surface area contributed by atoms with Crippen LogP contribution in [0.15, 0.2) is 35.7 Å². The lowest BCUT2D eigenvalue weighted by molar-refractivity contribution is -0.130. The number of fused-ring (bicyclic) bond motifs is 1. The first-order valence-electron chi connectivity index (χ1n) is 7.42. The van der Waals surface area contributed by atoms with Crippen LogP contribution in [0, 0.1) is 0 Å². The average molecular weight is 300 g/mol. The van der Waals surface area contributed by atoms with Gasteiger partial charge in [-0.1, -0.05) is 25.1 Å². The Morgan fingerprint density at radius 1 is 1.33 bits per heavy atom. The van der Waals surface area contributed by atoms with Crippen LogP contribution in [0.5, 0.6) is 0 Å². The van der Waals surface area contributed by atoms with Gasteiger partial charge in [0.25, 0.3) is 0 Å². The van der Waals surface area contributed by atoms with Gasteiger partial charge in [-0.05, 0) is 41.5 Å². The molecule has 2 heterocycles. The monoisotopic (exact) mass is 300 g/mol. The summed E-state index contributed by atoms with van der Waals surface area (Å²) in [5.41, 5.74) is 3.64. The number of rotatable bonds is 4. The molecule has 4 heteroatoms. The Bertz CT molecular complexity index is 635. The van der Waals surface area contributed by atoms with Crippen molar-refractivity contribution in [2.75, 3.05) is 18.4 Å². The molecular formula is C17H20N2OS. The summed E-state index contributed by atoms with van der Waals surface area (Å²) in [7, 11) is 0. The van der Waals surface area contributed by atoms with E-state index >= 15 is 0 Å². The molecule has 1 aromatic carbocycles. The van der Waals surface area contributed by atoms with E-state index < -0.39 is 0 Å². The van der Waals surface area contributed by atoms with Gasteiger partial charge in [0.05, 0.1) is 6.54 Å². The summed E-state index contributed by atoms with van der Waals surface area (Å²) in [5, 5.41) is 5.41. The highest BCUT2D eigenvalue weighted by atomic mass is 32.1. The van der Waals surface area contributed by atoms with Crippen molar-refractivity contribution in [3.05, 3.63) is 51.7 Å². The van der Waals surface area contributed by atoms with E-state index in [0.717, 1.165) is 31.6 Å². The number of carbonyl (C=O) groups excluding carboxylic acids is 1. The van der Waals surface area contributed by atoms with Gasteiger partial charge < -0.3 is 10.2 Å². The van der Waals surface area contributed by atoms with Gasteiger partial charge in [0.1, 0.15) is 0 Å². The molecule has 3 rings (SSSR count). The Balaban J connectivity index is 1.60. The molecule has 0 fully saturated rings. The van der Waals surface area contributed by atoms with Crippen molar-refractivity contribution >= 4 is 22.9 Å². The number of thiophene rings is 1. The maximum absolute atomic E-state index is 12.4. The molecule has 0 unspecified atom stereocenters. The minimum atomic E-state index is 0.178. The quantitative estimate of drug-likeness (QED) is 0.939. The zero-order chi connectivity index (χ0) is 14.7. The molecule has 1 amide bonds. The number of nitrogens with one attached hydrogen (secondary N) is 1. The minimum absolute atomic E-state index is 0.178. The molecule has 0 radical (unpaired) electrons. The smallest absolute Gasteiger partial charge is 0.242 e. The van der Waals surface area contributed by atoms with E-state index in [-0.39, 0.29) is 5.91 Å². The third kappa shape index (κ3) is 3.10. The topological polar surface area (TPSA) is 32.3 Å². The summed E-state index contributed by atoms with van der Waals surface area (Å²) in [4.78, 5) is 15.8. The molecule has 0 bridgehead atoms. The van der Waals surface area contributed by atoms with Crippen LogP contribution in [0.25, 0.3) is 0 Å². The van der Waals surface area contributed by atoms with E-state index in [9.17, 15) is 4.79 Å². The highest BCUT2D eigenvalue weighted by Crippen LogP contribution is 2.24. The third-order valence-corrected chi connectivity index (χ3v) is 5.01. The van der Waals surface area contributed by atoms with Crippen molar-refractivity contribution in [1.29, 1.82) is 0 Å². The van der Waals surface area contributed by atoms with Crippen LogP contribution in [0.3, 0.4) is 0 Å². The van der Waals surface area contributed by atoms with Crippen molar-refractivity contribution in [2.24, 2.45) is 0 Å². The van der Waals surface area contributed by atoms with Crippen LogP contribution in [-0.4, -0.2) is 23.9 Å². The maximum atomic E-state index is 12.4. The van der Waals surface area contributed by atoms with Crippen molar-refractivity contribution in [1.82, 2.24) is 4.90 Å². The number of hydrogen-bond donors (Lipinski definition) is 1. The Labute approximate surface area is 129 Å². The molecule has 1 aliphatic rings. The zero-order valence-electron chi connectivity index (χ0n) is 12.3. The molecular weight excluding hydrogens is 280 g/mol. The maximum Gasteiger partial charge on any atom is 0.242 e.